The molecule has 0 bridgehead atoms. The van der Waals surface area contributed by atoms with E-state index < -0.39 is 5.91 Å². The zero-order chi connectivity index (χ0) is 18.3. The molecule has 1 amide bonds. The van der Waals surface area contributed by atoms with Crippen LogP contribution in [0.4, 0.5) is 0 Å². The molecule has 0 radical (unpaired) electrons. The Bertz CT molecular complexity index is 1230. The van der Waals surface area contributed by atoms with Crippen LogP contribution in [0.1, 0.15) is 21.7 Å². The summed E-state index contributed by atoms with van der Waals surface area (Å²) < 4.78 is 8.58. The molecule has 0 spiro atoms. The third-order valence-corrected chi connectivity index (χ3v) is 5.42. The number of para-hydroxylation sites is 1. The number of carbonyl (C=O) groups excluding carboxylic acids is 1. The summed E-state index contributed by atoms with van der Waals surface area (Å²) in [5.74, 6) is 2.46. The molecule has 4 rings (SSSR count). The van der Waals surface area contributed by atoms with Gasteiger partial charge >= 0.3 is 5.91 Å². The summed E-state index contributed by atoms with van der Waals surface area (Å²) in [4.78, 5) is 17.5. The van der Waals surface area contributed by atoms with Crippen molar-refractivity contribution in [2.75, 3.05) is 0 Å². The van der Waals surface area contributed by atoms with Crippen molar-refractivity contribution < 1.29 is 9.21 Å². The number of hydrogen-bond acceptors (Lipinski definition) is 3. The average Bonchev–Trinajstić information content (AvgIpc) is 3.18. The van der Waals surface area contributed by atoms with Crippen LogP contribution in [0.25, 0.3) is 21.2 Å². The van der Waals surface area contributed by atoms with Gasteiger partial charge in [0.2, 0.25) is 0 Å². The Labute approximate surface area is 154 Å². The van der Waals surface area contributed by atoms with Gasteiger partial charge in [-0.3, -0.25) is 4.79 Å². The Morgan fingerprint density at radius 3 is 2.77 bits per heavy atom. The Kier molecular flexibility index (Phi) is 3.98. The van der Waals surface area contributed by atoms with Crippen molar-refractivity contribution in [3.05, 3.63) is 64.2 Å². The van der Waals surface area contributed by atoms with E-state index in [4.69, 9.17) is 10.8 Å². The lowest BCUT2D eigenvalue weighted by Gasteiger charge is -2.03. The highest BCUT2D eigenvalue weighted by molar-refractivity contribution is 7.16. The lowest BCUT2D eigenvalue weighted by atomic mass is 10.1. The van der Waals surface area contributed by atoms with E-state index in [0.29, 0.717) is 16.9 Å². The van der Waals surface area contributed by atoms with Crippen molar-refractivity contribution in [3.8, 4) is 12.3 Å². The number of thiazole rings is 1. The molecular formula is C21H16N2O2S. The minimum absolute atomic E-state index is 0.225. The molecule has 0 saturated heterocycles. The Morgan fingerprint density at radius 1 is 1.23 bits per heavy atom. The number of furan rings is 1. The highest BCUT2D eigenvalue weighted by Gasteiger charge is 2.13. The van der Waals surface area contributed by atoms with E-state index in [1.165, 1.54) is 22.5 Å². The van der Waals surface area contributed by atoms with Crippen molar-refractivity contribution in [2.45, 2.75) is 20.4 Å². The second-order valence-electron chi connectivity index (χ2n) is 6.14. The molecule has 4 aromatic rings. The number of nitrogens with zero attached hydrogens (tertiary/aromatic N) is 2. The first-order valence-electron chi connectivity index (χ1n) is 8.18. The number of carbonyl (C=O) groups is 1. The predicted octanol–water partition coefficient (Wildman–Crippen LogP) is 4.44. The normalized spacial score (nSPS) is 12.0. The lowest BCUT2D eigenvalue weighted by Crippen LogP contribution is -2.16. The fourth-order valence-corrected chi connectivity index (χ4v) is 3.99. The Balaban J connectivity index is 1.87. The van der Waals surface area contributed by atoms with E-state index in [1.807, 2.05) is 28.8 Å². The van der Waals surface area contributed by atoms with Crippen LogP contribution < -0.4 is 4.80 Å². The van der Waals surface area contributed by atoms with Crippen molar-refractivity contribution in [3.63, 3.8) is 0 Å². The monoisotopic (exact) mass is 360 g/mol. The van der Waals surface area contributed by atoms with Gasteiger partial charge in [0, 0.05) is 5.39 Å². The van der Waals surface area contributed by atoms with E-state index in [1.54, 1.807) is 6.07 Å². The maximum absolute atomic E-state index is 12.6. The summed E-state index contributed by atoms with van der Waals surface area (Å²) in [6.07, 6.45) is 5.53. The molecule has 0 unspecified atom stereocenters. The lowest BCUT2D eigenvalue weighted by molar-refractivity contribution is 0.0973. The molecule has 0 N–H and O–H groups in total. The van der Waals surface area contributed by atoms with Crippen molar-refractivity contribution in [1.29, 1.82) is 0 Å². The number of amides is 1. The average molecular weight is 360 g/mol. The van der Waals surface area contributed by atoms with Crippen LogP contribution in [0, 0.1) is 26.2 Å². The molecule has 5 heteroatoms. The smallest absolute Gasteiger partial charge is 0.315 e. The van der Waals surface area contributed by atoms with Crippen molar-refractivity contribution in [2.24, 2.45) is 4.99 Å². The quantitative estimate of drug-likeness (QED) is 0.496. The molecule has 2 aromatic carbocycles. The number of benzene rings is 2. The van der Waals surface area contributed by atoms with E-state index >= 15 is 0 Å². The van der Waals surface area contributed by atoms with Crippen LogP contribution in [0.15, 0.2) is 51.9 Å². The second-order valence-corrected chi connectivity index (χ2v) is 7.15. The summed E-state index contributed by atoms with van der Waals surface area (Å²) in [6, 6.07) is 13.4. The highest BCUT2D eigenvalue weighted by Crippen LogP contribution is 2.23. The van der Waals surface area contributed by atoms with Crippen LogP contribution >= 0.6 is 11.3 Å². The van der Waals surface area contributed by atoms with Crippen LogP contribution in [0.3, 0.4) is 0 Å². The largest absolute Gasteiger partial charge is 0.451 e. The first kappa shape index (κ1) is 16.4. The van der Waals surface area contributed by atoms with Crippen LogP contribution in [-0.4, -0.2) is 10.5 Å². The van der Waals surface area contributed by atoms with Gasteiger partial charge in [-0.1, -0.05) is 35.5 Å². The molecule has 26 heavy (non-hydrogen) atoms. The van der Waals surface area contributed by atoms with Crippen LogP contribution in [-0.2, 0) is 6.54 Å². The van der Waals surface area contributed by atoms with Gasteiger partial charge in [-0.15, -0.1) is 6.42 Å². The van der Waals surface area contributed by atoms with E-state index in [-0.39, 0.29) is 5.76 Å². The first-order valence-corrected chi connectivity index (χ1v) is 9.00. The van der Waals surface area contributed by atoms with Gasteiger partial charge in [-0.25, -0.2) is 0 Å². The van der Waals surface area contributed by atoms with E-state index in [2.05, 4.69) is 36.9 Å². The second kappa shape index (κ2) is 6.32. The van der Waals surface area contributed by atoms with Crippen molar-refractivity contribution in [1.82, 2.24) is 4.57 Å². The zero-order valence-electron chi connectivity index (χ0n) is 14.4. The van der Waals surface area contributed by atoms with E-state index in [0.717, 1.165) is 15.6 Å². The van der Waals surface area contributed by atoms with Gasteiger partial charge in [0.05, 0.1) is 16.8 Å². The molecule has 0 atom stereocenters. The number of hydrogen-bond donors (Lipinski definition) is 0. The minimum atomic E-state index is -0.410. The van der Waals surface area contributed by atoms with Gasteiger partial charge < -0.3 is 8.98 Å². The summed E-state index contributed by atoms with van der Waals surface area (Å²) in [5, 5.41) is 0.880. The van der Waals surface area contributed by atoms with Gasteiger partial charge in [-0.05, 0) is 49.2 Å². The van der Waals surface area contributed by atoms with E-state index in [9.17, 15) is 4.79 Å². The first-order chi connectivity index (χ1) is 12.6. The van der Waals surface area contributed by atoms with Gasteiger partial charge in [0.25, 0.3) is 0 Å². The SMILES string of the molecule is C#CCn1c(=NC(=O)c2cc3ccccc3o2)sc2cc(C)c(C)cc21. The summed E-state index contributed by atoms with van der Waals surface area (Å²) >= 11 is 1.45. The Morgan fingerprint density at radius 2 is 2.00 bits per heavy atom. The maximum atomic E-state index is 12.6. The molecule has 2 heterocycles. The number of fused-ring (bicyclic) bond motifs is 2. The minimum Gasteiger partial charge on any atom is -0.451 e. The fraction of sp³-hybridized carbons (Fsp3) is 0.143. The maximum Gasteiger partial charge on any atom is 0.315 e. The molecule has 4 nitrogen and oxygen atoms in total. The van der Waals surface area contributed by atoms with Crippen molar-refractivity contribution >= 4 is 38.4 Å². The zero-order valence-corrected chi connectivity index (χ0v) is 15.3. The molecule has 0 fully saturated rings. The number of aryl methyl sites for hydroxylation is 2. The molecule has 0 aliphatic rings. The van der Waals surface area contributed by atoms with Crippen LogP contribution in [0.2, 0.25) is 0 Å². The molecule has 2 aromatic heterocycles. The number of terminal acetylenes is 1. The number of rotatable bonds is 2. The standard InChI is InChI=1S/C21H16N2O2S/c1-4-9-23-16-10-13(2)14(3)11-19(16)26-21(23)22-20(24)18-12-15-7-5-6-8-17(15)25-18/h1,5-8,10-12H,9H2,2-3H3. The van der Waals surface area contributed by atoms with Gasteiger partial charge in [0.15, 0.2) is 10.6 Å². The third kappa shape index (κ3) is 2.75. The summed E-state index contributed by atoms with van der Waals surface area (Å²) in [5.41, 5.74) is 4.04. The molecule has 0 aliphatic carbocycles. The topological polar surface area (TPSA) is 47.5 Å². The highest BCUT2D eigenvalue weighted by atomic mass is 32.1. The molecule has 0 saturated carbocycles. The van der Waals surface area contributed by atoms with Crippen LogP contribution in [0.5, 0.6) is 0 Å². The van der Waals surface area contributed by atoms with Gasteiger partial charge in [0.1, 0.15) is 5.58 Å². The predicted molar refractivity (Wildman–Crippen MR) is 104 cm³/mol. The van der Waals surface area contributed by atoms with Gasteiger partial charge in [-0.2, -0.15) is 4.99 Å². The third-order valence-electron chi connectivity index (χ3n) is 4.38. The molecule has 128 valence electrons. The Hall–Kier alpha value is -3.10. The summed E-state index contributed by atoms with van der Waals surface area (Å²) in [6.45, 7) is 4.48. The molecular weight excluding hydrogens is 344 g/mol. The summed E-state index contributed by atoms with van der Waals surface area (Å²) in [7, 11) is 0. The fourth-order valence-electron chi connectivity index (χ4n) is 2.88. The molecule has 0 aliphatic heterocycles. The number of aromatic nitrogens is 1.